The van der Waals surface area contributed by atoms with Gasteiger partial charge in [0.05, 0.1) is 5.71 Å². The lowest BCUT2D eigenvalue weighted by molar-refractivity contribution is -0.125. The lowest BCUT2D eigenvalue weighted by atomic mass is 10.0. The quantitative estimate of drug-likeness (QED) is 0.832. The lowest BCUT2D eigenvalue weighted by Crippen LogP contribution is -2.28. The summed E-state index contributed by atoms with van der Waals surface area (Å²) in [5.74, 6) is -0.232. The SMILES string of the molecule is Cc1ccc(Cl)cc1NC(=O)C1CC(c2cccc(Br)c2)=NO1. The average Bonchev–Trinajstić information content (AvgIpc) is 3.01. The lowest BCUT2D eigenvalue weighted by Gasteiger charge is -2.12. The summed E-state index contributed by atoms with van der Waals surface area (Å²) in [5.41, 5.74) is 3.32. The normalized spacial score (nSPS) is 16.7. The number of carbonyl (C=O) groups excluding carboxylic acids is 1. The Morgan fingerprint density at radius 3 is 2.96 bits per heavy atom. The highest BCUT2D eigenvalue weighted by atomic mass is 79.9. The molecule has 0 fully saturated rings. The third-order valence-corrected chi connectivity index (χ3v) is 4.30. The van der Waals surface area contributed by atoms with Gasteiger partial charge >= 0.3 is 0 Å². The summed E-state index contributed by atoms with van der Waals surface area (Å²) < 4.78 is 0.958. The van der Waals surface area contributed by atoms with Crippen LogP contribution in [0.1, 0.15) is 17.5 Å². The molecule has 3 rings (SSSR count). The molecule has 0 spiro atoms. The number of rotatable bonds is 3. The van der Waals surface area contributed by atoms with E-state index in [1.54, 1.807) is 12.1 Å². The van der Waals surface area contributed by atoms with Gasteiger partial charge in [0.25, 0.3) is 5.91 Å². The Morgan fingerprint density at radius 1 is 1.35 bits per heavy atom. The van der Waals surface area contributed by atoms with E-state index in [0.29, 0.717) is 17.1 Å². The molecule has 118 valence electrons. The van der Waals surface area contributed by atoms with Gasteiger partial charge in [-0.3, -0.25) is 4.79 Å². The van der Waals surface area contributed by atoms with E-state index < -0.39 is 6.10 Å². The molecular formula is C17H14BrClN2O2. The van der Waals surface area contributed by atoms with Crippen molar-refractivity contribution in [3.05, 3.63) is 63.1 Å². The van der Waals surface area contributed by atoms with Crippen LogP contribution in [-0.2, 0) is 9.63 Å². The summed E-state index contributed by atoms with van der Waals surface area (Å²) in [7, 11) is 0. The number of aryl methyl sites for hydroxylation is 1. The Kier molecular flexibility index (Phi) is 4.68. The molecule has 0 aliphatic carbocycles. The Morgan fingerprint density at radius 2 is 2.17 bits per heavy atom. The molecule has 2 aromatic carbocycles. The maximum absolute atomic E-state index is 12.4. The molecule has 6 heteroatoms. The van der Waals surface area contributed by atoms with Gasteiger partial charge in [0.1, 0.15) is 0 Å². The smallest absolute Gasteiger partial charge is 0.268 e. The van der Waals surface area contributed by atoms with E-state index in [1.807, 2.05) is 37.3 Å². The summed E-state index contributed by atoms with van der Waals surface area (Å²) in [5, 5.41) is 7.46. The first-order valence-electron chi connectivity index (χ1n) is 7.08. The average molecular weight is 394 g/mol. The molecule has 1 unspecified atom stereocenters. The van der Waals surface area contributed by atoms with E-state index in [-0.39, 0.29) is 5.91 Å². The second kappa shape index (κ2) is 6.72. The van der Waals surface area contributed by atoms with Crippen molar-refractivity contribution in [2.75, 3.05) is 5.32 Å². The predicted octanol–water partition coefficient (Wildman–Crippen LogP) is 4.54. The molecule has 0 saturated heterocycles. The van der Waals surface area contributed by atoms with E-state index in [9.17, 15) is 4.79 Å². The van der Waals surface area contributed by atoms with Crippen LogP contribution >= 0.6 is 27.5 Å². The monoisotopic (exact) mass is 392 g/mol. The zero-order valence-corrected chi connectivity index (χ0v) is 14.7. The summed E-state index contributed by atoms with van der Waals surface area (Å²) in [6.45, 7) is 1.91. The van der Waals surface area contributed by atoms with Gasteiger partial charge in [-0.15, -0.1) is 0 Å². The summed E-state index contributed by atoms with van der Waals surface area (Å²) in [4.78, 5) is 17.7. The molecule has 4 nitrogen and oxygen atoms in total. The number of nitrogens with zero attached hydrogens (tertiary/aromatic N) is 1. The number of oxime groups is 1. The molecule has 1 aliphatic rings. The third-order valence-electron chi connectivity index (χ3n) is 3.58. The van der Waals surface area contributed by atoms with E-state index in [2.05, 4.69) is 26.4 Å². The molecule has 23 heavy (non-hydrogen) atoms. The van der Waals surface area contributed by atoms with Gasteiger partial charge in [-0.25, -0.2) is 0 Å². The van der Waals surface area contributed by atoms with Crippen molar-refractivity contribution in [3.8, 4) is 0 Å². The highest BCUT2D eigenvalue weighted by Crippen LogP contribution is 2.23. The van der Waals surface area contributed by atoms with Crippen LogP contribution < -0.4 is 5.32 Å². The Bertz CT molecular complexity index is 792. The molecule has 0 aromatic heterocycles. The van der Waals surface area contributed by atoms with Gasteiger partial charge in [0.2, 0.25) is 6.10 Å². The van der Waals surface area contributed by atoms with Crippen molar-refractivity contribution in [1.82, 2.24) is 0 Å². The van der Waals surface area contributed by atoms with Crippen molar-refractivity contribution in [2.45, 2.75) is 19.4 Å². The van der Waals surface area contributed by atoms with Crippen LogP contribution in [0.5, 0.6) is 0 Å². The summed E-state index contributed by atoms with van der Waals surface area (Å²) >= 11 is 9.39. The number of nitrogens with one attached hydrogen (secondary N) is 1. The fourth-order valence-corrected chi connectivity index (χ4v) is 2.87. The molecule has 1 N–H and O–H groups in total. The van der Waals surface area contributed by atoms with E-state index in [1.165, 1.54) is 0 Å². The fraction of sp³-hybridized carbons (Fsp3) is 0.176. The number of hydrogen-bond acceptors (Lipinski definition) is 3. The molecule has 1 aliphatic heterocycles. The van der Waals surface area contributed by atoms with E-state index in [0.717, 1.165) is 21.3 Å². The van der Waals surface area contributed by atoms with Gasteiger partial charge in [-0.2, -0.15) is 0 Å². The number of anilines is 1. The van der Waals surface area contributed by atoms with Gasteiger partial charge in [-0.05, 0) is 36.8 Å². The van der Waals surface area contributed by atoms with Gasteiger partial charge in [0.15, 0.2) is 0 Å². The minimum Gasteiger partial charge on any atom is -0.382 e. The van der Waals surface area contributed by atoms with Crippen LogP contribution in [0, 0.1) is 6.92 Å². The first-order valence-corrected chi connectivity index (χ1v) is 8.25. The Hall–Kier alpha value is -1.85. The number of benzene rings is 2. The highest BCUT2D eigenvalue weighted by Gasteiger charge is 2.29. The van der Waals surface area contributed by atoms with Crippen molar-refractivity contribution in [3.63, 3.8) is 0 Å². The molecule has 1 heterocycles. The topological polar surface area (TPSA) is 50.7 Å². The second-order valence-electron chi connectivity index (χ2n) is 5.29. The fourth-order valence-electron chi connectivity index (χ4n) is 2.30. The minimum atomic E-state index is -0.637. The number of amides is 1. The minimum absolute atomic E-state index is 0.232. The van der Waals surface area contributed by atoms with Crippen LogP contribution in [0.25, 0.3) is 0 Å². The molecule has 0 radical (unpaired) electrons. The van der Waals surface area contributed by atoms with Crippen LogP contribution in [0.15, 0.2) is 52.1 Å². The van der Waals surface area contributed by atoms with Crippen LogP contribution in [-0.4, -0.2) is 17.7 Å². The summed E-state index contributed by atoms with van der Waals surface area (Å²) in [6.07, 6.45) is -0.204. The standard InChI is InChI=1S/C17H14BrClN2O2/c1-10-5-6-13(19)8-14(10)20-17(22)16-9-15(21-23-16)11-3-2-4-12(18)7-11/h2-8,16H,9H2,1H3,(H,20,22). The molecule has 0 saturated carbocycles. The zero-order valence-electron chi connectivity index (χ0n) is 12.3. The molecular weight excluding hydrogens is 380 g/mol. The van der Waals surface area contributed by atoms with Crippen molar-refractivity contribution in [2.24, 2.45) is 5.16 Å². The van der Waals surface area contributed by atoms with E-state index >= 15 is 0 Å². The van der Waals surface area contributed by atoms with Gasteiger partial charge < -0.3 is 10.2 Å². The molecule has 1 atom stereocenters. The number of hydrogen-bond donors (Lipinski definition) is 1. The molecule has 1 amide bonds. The van der Waals surface area contributed by atoms with Crippen LogP contribution in [0.2, 0.25) is 5.02 Å². The predicted molar refractivity (Wildman–Crippen MR) is 95.0 cm³/mol. The van der Waals surface area contributed by atoms with Crippen LogP contribution in [0.4, 0.5) is 5.69 Å². The van der Waals surface area contributed by atoms with Crippen molar-refractivity contribution < 1.29 is 9.63 Å². The van der Waals surface area contributed by atoms with E-state index in [4.69, 9.17) is 16.4 Å². The van der Waals surface area contributed by atoms with Crippen molar-refractivity contribution >= 4 is 44.8 Å². The summed E-state index contributed by atoms with van der Waals surface area (Å²) in [6, 6.07) is 13.1. The maximum atomic E-state index is 12.4. The second-order valence-corrected chi connectivity index (χ2v) is 6.65. The van der Waals surface area contributed by atoms with Gasteiger partial charge in [-0.1, -0.05) is 50.9 Å². The first kappa shape index (κ1) is 16.0. The first-order chi connectivity index (χ1) is 11.0. The third kappa shape index (κ3) is 3.74. The zero-order chi connectivity index (χ0) is 16.4. The molecule has 2 aromatic rings. The number of carbonyl (C=O) groups is 1. The number of halogens is 2. The van der Waals surface area contributed by atoms with Crippen molar-refractivity contribution in [1.29, 1.82) is 0 Å². The maximum Gasteiger partial charge on any atom is 0.268 e. The largest absolute Gasteiger partial charge is 0.382 e. The van der Waals surface area contributed by atoms with Crippen LogP contribution in [0.3, 0.4) is 0 Å². The highest BCUT2D eigenvalue weighted by molar-refractivity contribution is 9.10. The Balaban J connectivity index is 1.68. The Labute approximate surface area is 147 Å². The van der Waals surface area contributed by atoms with Gasteiger partial charge in [0, 0.05) is 27.2 Å². The molecule has 0 bridgehead atoms.